The molecule has 0 amide bonds. The summed E-state index contributed by atoms with van der Waals surface area (Å²) >= 11 is 0. The van der Waals surface area contributed by atoms with Crippen molar-refractivity contribution in [1.82, 2.24) is 0 Å². The minimum absolute atomic E-state index is 0.104. The van der Waals surface area contributed by atoms with E-state index in [4.69, 9.17) is 10.2 Å². The van der Waals surface area contributed by atoms with Gasteiger partial charge in [-0.25, -0.2) is 0 Å². The molecule has 3 N–H and O–H groups in total. The zero-order chi connectivity index (χ0) is 7.49. The molecule has 56 valence electrons. The SMILES string of the molecule is C[C@H](CO)[C@](C)(O)CO. The molecular weight excluding hydrogens is 120 g/mol. The molecule has 0 fully saturated rings. The monoisotopic (exact) mass is 134 g/mol. The molecule has 0 saturated heterocycles. The number of aliphatic hydroxyl groups is 3. The van der Waals surface area contributed by atoms with Gasteiger partial charge in [-0.3, -0.25) is 0 Å². The van der Waals surface area contributed by atoms with Gasteiger partial charge in [0.2, 0.25) is 0 Å². The Labute approximate surface area is 54.9 Å². The molecule has 0 aromatic heterocycles. The van der Waals surface area contributed by atoms with Crippen LogP contribution < -0.4 is 0 Å². The molecule has 3 nitrogen and oxygen atoms in total. The number of hydrogen-bond acceptors (Lipinski definition) is 3. The van der Waals surface area contributed by atoms with Crippen LogP contribution in [0.15, 0.2) is 0 Å². The predicted molar refractivity (Wildman–Crippen MR) is 34.0 cm³/mol. The lowest BCUT2D eigenvalue weighted by molar-refractivity contribution is -0.0561. The van der Waals surface area contributed by atoms with Crippen LogP contribution in [-0.2, 0) is 0 Å². The summed E-state index contributed by atoms with van der Waals surface area (Å²) in [5, 5.41) is 26.2. The molecule has 9 heavy (non-hydrogen) atoms. The maximum absolute atomic E-state index is 9.18. The van der Waals surface area contributed by atoms with Crippen molar-refractivity contribution in [1.29, 1.82) is 0 Å². The lowest BCUT2D eigenvalue weighted by atomic mass is 9.93. The maximum atomic E-state index is 9.18. The number of hydrogen-bond donors (Lipinski definition) is 3. The molecule has 0 aromatic carbocycles. The summed E-state index contributed by atoms with van der Waals surface area (Å²) in [6, 6.07) is 0. The van der Waals surface area contributed by atoms with Gasteiger partial charge in [-0.05, 0) is 6.92 Å². The summed E-state index contributed by atoms with van der Waals surface area (Å²) in [5.41, 5.74) is -1.14. The molecule has 0 aromatic rings. The Hall–Kier alpha value is -0.120. The molecule has 0 heterocycles. The van der Waals surface area contributed by atoms with Gasteiger partial charge in [0.05, 0.1) is 12.2 Å². The Balaban J connectivity index is 3.80. The van der Waals surface area contributed by atoms with E-state index < -0.39 is 5.60 Å². The van der Waals surface area contributed by atoms with E-state index in [0.29, 0.717) is 0 Å². The van der Waals surface area contributed by atoms with Crippen LogP contribution >= 0.6 is 0 Å². The predicted octanol–water partition coefficient (Wildman–Crippen LogP) is -0.642. The van der Waals surface area contributed by atoms with Gasteiger partial charge in [0.15, 0.2) is 0 Å². The zero-order valence-corrected chi connectivity index (χ0v) is 5.83. The van der Waals surface area contributed by atoms with Crippen molar-refractivity contribution in [2.24, 2.45) is 5.92 Å². The molecule has 0 radical (unpaired) electrons. The highest BCUT2D eigenvalue weighted by molar-refractivity contribution is 4.76. The largest absolute Gasteiger partial charge is 0.396 e. The second kappa shape index (κ2) is 3.15. The highest BCUT2D eigenvalue weighted by atomic mass is 16.3. The van der Waals surface area contributed by atoms with Crippen molar-refractivity contribution >= 4 is 0 Å². The first-order chi connectivity index (χ1) is 4.04. The second-order valence-electron chi connectivity index (χ2n) is 2.60. The normalized spacial score (nSPS) is 21.0. The molecule has 0 aliphatic heterocycles. The van der Waals surface area contributed by atoms with Crippen LogP contribution in [0.4, 0.5) is 0 Å². The topological polar surface area (TPSA) is 60.7 Å². The molecule has 2 atom stereocenters. The van der Waals surface area contributed by atoms with Crippen LogP contribution in [0.3, 0.4) is 0 Å². The molecule has 0 bridgehead atoms. The summed E-state index contributed by atoms with van der Waals surface area (Å²) in [7, 11) is 0. The molecule has 3 heteroatoms. The Bertz CT molecular complexity index is 80.4. The van der Waals surface area contributed by atoms with E-state index in [0.717, 1.165) is 0 Å². The highest BCUT2D eigenvalue weighted by Gasteiger charge is 2.26. The van der Waals surface area contributed by atoms with Crippen molar-refractivity contribution in [3.63, 3.8) is 0 Å². The van der Waals surface area contributed by atoms with E-state index in [1.807, 2.05) is 0 Å². The first-order valence-electron chi connectivity index (χ1n) is 2.98. The third-order valence-corrected chi connectivity index (χ3v) is 1.66. The summed E-state index contributed by atoms with van der Waals surface area (Å²) in [6.07, 6.45) is 0. The first-order valence-corrected chi connectivity index (χ1v) is 2.98. The van der Waals surface area contributed by atoms with E-state index in [9.17, 15) is 5.11 Å². The van der Waals surface area contributed by atoms with E-state index in [2.05, 4.69) is 0 Å². The Morgan fingerprint density at radius 3 is 2.00 bits per heavy atom. The van der Waals surface area contributed by atoms with Crippen molar-refractivity contribution in [2.45, 2.75) is 19.4 Å². The van der Waals surface area contributed by atoms with E-state index in [1.54, 1.807) is 6.92 Å². The molecule has 0 aliphatic rings. The van der Waals surface area contributed by atoms with Crippen molar-refractivity contribution in [2.75, 3.05) is 13.2 Å². The molecule has 0 rings (SSSR count). The average Bonchev–Trinajstić information content (AvgIpc) is 1.86. The van der Waals surface area contributed by atoms with Gasteiger partial charge >= 0.3 is 0 Å². The van der Waals surface area contributed by atoms with Gasteiger partial charge in [-0.15, -0.1) is 0 Å². The van der Waals surface area contributed by atoms with Crippen LogP contribution in [0.2, 0.25) is 0 Å². The molecular formula is C6H14O3. The van der Waals surface area contributed by atoms with Gasteiger partial charge in [-0.1, -0.05) is 6.92 Å². The third kappa shape index (κ3) is 2.30. The summed E-state index contributed by atoms with van der Waals surface area (Å²) in [4.78, 5) is 0. The Morgan fingerprint density at radius 1 is 1.44 bits per heavy atom. The van der Waals surface area contributed by atoms with Crippen LogP contribution in [0.25, 0.3) is 0 Å². The standard InChI is InChI=1S/C6H14O3/c1-5(3-7)6(2,9)4-8/h5,7-9H,3-4H2,1-2H3/t5-,6-/m1/s1. The van der Waals surface area contributed by atoms with Gasteiger partial charge in [0, 0.05) is 12.5 Å². The minimum Gasteiger partial charge on any atom is -0.396 e. The van der Waals surface area contributed by atoms with E-state index in [-0.39, 0.29) is 19.1 Å². The zero-order valence-electron chi connectivity index (χ0n) is 5.83. The molecule has 0 aliphatic carbocycles. The van der Waals surface area contributed by atoms with Crippen molar-refractivity contribution in [3.05, 3.63) is 0 Å². The summed E-state index contributed by atoms with van der Waals surface area (Å²) in [5.74, 6) is -0.275. The van der Waals surface area contributed by atoms with Crippen molar-refractivity contribution < 1.29 is 15.3 Å². The molecule has 0 saturated carbocycles. The fraction of sp³-hybridized carbons (Fsp3) is 1.00. The van der Waals surface area contributed by atoms with Crippen LogP contribution in [0, 0.1) is 5.92 Å². The maximum Gasteiger partial charge on any atom is 0.0896 e. The fourth-order valence-corrected chi connectivity index (χ4v) is 0.352. The quantitative estimate of drug-likeness (QED) is 0.481. The lowest BCUT2D eigenvalue weighted by Gasteiger charge is -2.26. The lowest BCUT2D eigenvalue weighted by Crippen LogP contribution is -2.38. The van der Waals surface area contributed by atoms with E-state index in [1.165, 1.54) is 6.92 Å². The van der Waals surface area contributed by atoms with Gasteiger partial charge < -0.3 is 15.3 Å². The van der Waals surface area contributed by atoms with Crippen molar-refractivity contribution in [3.8, 4) is 0 Å². The third-order valence-electron chi connectivity index (χ3n) is 1.66. The summed E-state index contributed by atoms with van der Waals surface area (Å²) in [6.45, 7) is 2.76. The Morgan fingerprint density at radius 2 is 1.89 bits per heavy atom. The smallest absolute Gasteiger partial charge is 0.0896 e. The Kier molecular flexibility index (Phi) is 3.11. The van der Waals surface area contributed by atoms with Gasteiger partial charge in [0.1, 0.15) is 0 Å². The minimum atomic E-state index is -1.14. The van der Waals surface area contributed by atoms with Crippen LogP contribution in [-0.4, -0.2) is 34.1 Å². The first kappa shape index (κ1) is 8.88. The average molecular weight is 134 g/mol. The fourth-order valence-electron chi connectivity index (χ4n) is 0.352. The summed E-state index contributed by atoms with van der Waals surface area (Å²) < 4.78 is 0. The van der Waals surface area contributed by atoms with Gasteiger partial charge in [-0.2, -0.15) is 0 Å². The van der Waals surface area contributed by atoms with Gasteiger partial charge in [0.25, 0.3) is 0 Å². The van der Waals surface area contributed by atoms with Crippen LogP contribution in [0.1, 0.15) is 13.8 Å². The number of rotatable bonds is 3. The van der Waals surface area contributed by atoms with Crippen LogP contribution in [0.5, 0.6) is 0 Å². The van der Waals surface area contributed by atoms with E-state index >= 15 is 0 Å². The molecule has 0 unspecified atom stereocenters. The molecule has 0 spiro atoms. The highest BCUT2D eigenvalue weighted by Crippen LogP contribution is 2.14. The second-order valence-corrected chi connectivity index (χ2v) is 2.60. The number of aliphatic hydroxyl groups excluding tert-OH is 2.